The largest absolute Gasteiger partial charge is 0.495 e. The summed E-state index contributed by atoms with van der Waals surface area (Å²) >= 11 is 5.97. The Bertz CT molecular complexity index is 811. The number of hydrogen-bond acceptors (Lipinski definition) is 3. The monoisotopic (exact) mass is 390 g/mol. The molecular weight excluding hydrogens is 366 g/mol. The summed E-state index contributed by atoms with van der Waals surface area (Å²) in [5.41, 5.74) is 2.42. The van der Waals surface area contributed by atoms with Crippen molar-refractivity contribution >= 4 is 34.8 Å². The molecule has 2 rings (SSSR count). The first-order valence-corrected chi connectivity index (χ1v) is 9.12. The number of carbonyl (C=O) groups is 2. The SMILES string of the molecule is CCc1cccc(NC(=O)C[NH+](C)CC(=O)Nc2cc(Cl)ccc2OC)c1. The van der Waals surface area contributed by atoms with Gasteiger partial charge in [-0.3, -0.25) is 9.59 Å². The zero-order valence-electron chi connectivity index (χ0n) is 15.8. The van der Waals surface area contributed by atoms with Crippen molar-refractivity contribution in [1.82, 2.24) is 0 Å². The molecule has 27 heavy (non-hydrogen) atoms. The van der Waals surface area contributed by atoms with Crippen LogP contribution in [-0.2, 0) is 16.0 Å². The van der Waals surface area contributed by atoms with E-state index in [-0.39, 0.29) is 24.9 Å². The molecule has 0 spiro atoms. The molecule has 0 aromatic heterocycles. The lowest BCUT2D eigenvalue weighted by Gasteiger charge is -2.15. The maximum Gasteiger partial charge on any atom is 0.279 e. The van der Waals surface area contributed by atoms with Crippen molar-refractivity contribution in [2.45, 2.75) is 13.3 Å². The summed E-state index contributed by atoms with van der Waals surface area (Å²) in [6.07, 6.45) is 0.905. The van der Waals surface area contributed by atoms with Gasteiger partial charge in [-0.15, -0.1) is 0 Å². The fourth-order valence-electron chi connectivity index (χ4n) is 2.66. The van der Waals surface area contributed by atoms with E-state index >= 15 is 0 Å². The molecule has 0 aliphatic carbocycles. The zero-order chi connectivity index (χ0) is 19.8. The van der Waals surface area contributed by atoms with Crippen molar-refractivity contribution in [2.75, 3.05) is 37.9 Å². The molecular formula is C20H25ClN3O3+. The van der Waals surface area contributed by atoms with Crippen LogP contribution in [0.1, 0.15) is 12.5 Å². The highest BCUT2D eigenvalue weighted by Crippen LogP contribution is 2.27. The van der Waals surface area contributed by atoms with Gasteiger partial charge in [-0.2, -0.15) is 0 Å². The number of likely N-dealkylation sites (N-methyl/N-ethyl adjacent to an activating group) is 1. The highest BCUT2D eigenvalue weighted by atomic mass is 35.5. The van der Waals surface area contributed by atoms with Gasteiger partial charge in [0.25, 0.3) is 11.8 Å². The zero-order valence-corrected chi connectivity index (χ0v) is 16.5. The normalized spacial score (nSPS) is 11.6. The first-order valence-electron chi connectivity index (χ1n) is 8.74. The van der Waals surface area contributed by atoms with Crippen molar-refractivity contribution < 1.29 is 19.2 Å². The number of rotatable bonds is 8. The van der Waals surface area contributed by atoms with Crippen LogP contribution in [0.15, 0.2) is 42.5 Å². The molecule has 1 atom stereocenters. The molecule has 1 unspecified atom stereocenters. The molecule has 2 aromatic rings. The van der Waals surface area contributed by atoms with Gasteiger partial charge in [-0.1, -0.05) is 30.7 Å². The van der Waals surface area contributed by atoms with Gasteiger partial charge in [-0.25, -0.2) is 0 Å². The average Bonchev–Trinajstić information content (AvgIpc) is 2.61. The predicted octanol–water partition coefficient (Wildman–Crippen LogP) is 2.00. The molecule has 2 aromatic carbocycles. The lowest BCUT2D eigenvalue weighted by Crippen LogP contribution is -3.11. The number of methoxy groups -OCH3 is 1. The maximum absolute atomic E-state index is 12.3. The number of hydrogen-bond donors (Lipinski definition) is 3. The summed E-state index contributed by atoms with van der Waals surface area (Å²) in [7, 11) is 3.31. The molecule has 0 bridgehead atoms. The summed E-state index contributed by atoms with van der Waals surface area (Å²) in [6, 6.07) is 12.7. The number of anilines is 2. The van der Waals surface area contributed by atoms with Crippen molar-refractivity contribution in [3.63, 3.8) is 0 Å². The fourth-order valence-corrected chi connectivity index (χ4v) is 2.83. The molecule has 0 saturated heterocycles. The van der Waals surface area contributed by atoms with Crippen LogP contribution in [0.2, 0.25) is 5.02 Å². The quantitative estimate of drug-likeness (QED) is 0.645. The van der Waals surface area contributed by atoms with Crippen molar-refractivity contribution in [1.29, 1.82) is 0 Å². The number of carbonyl (C=O) groups excluding carboxylic acids is 2. The Balaban J connectivity index is 1.87. The number of aryl methyl sites for hydroxylation is 1. The van der Waals surface area contributed by atoms with E-state index in [4.69, 9.17) is 16.3 Å². The van der Waals surface area contributed by atoms with Gasteiger partial charge in [-0.05, 0) is 42.3 Å². The van der Waals surface area contributed by atoms with Gasteiger partial charge < -0.3 is 20.3 Å². The number of benzene rings is 2. The minimum Gasteiger partial charge on any atom is -0.495 e. The van der Waals surface area contributed by atoms with E-state index in [1.54, 1.807) is 25.2 Å². The number of quaternary nitrogens is 1. The Morgan fingerprint density at radius 2 is 1.78 bits per heavy atom. The van der Waals surface area contributed by atoms with Gasteiger partial charge in [0.1, 0.15) is 5.75 Å². The van der Waals surface area contributed by atoms with E-state index in [9.17, 15) is 9.59 Å². The average molecular weight is 391 g/mol. The van der Waals surface area contributed by atoms with Crippen molar-refractivity contribution in [3.8, 4) is 5.75 Å². The molecule has 144 valence electrons. The van der Waals surface area contributed by atoms with Crippen molar-refractivity contribution in [2.24, 2.45) is 0 Å². The number of nitrogens with one attached hydrogen (secondary N) is 3. The summed E-state index contributed by atoms with van der Waals surface area (Å²) in [4.78, 5) is 25.2. The molecule has 0 fully saturated rings. The summed E-state index contributed by atoms with van der Waals surface area (Å²) < 4.78 is 5.21. The summed E-state index contributed by atoms with van der Waals surface area (Å²) in [6.45, 7) is 2.38. The summed E-state index contributed by atoms with van der Waals surface area (Å²) in [5, 5.41) is 6.14. The maximum atomic E-state index is 12.3. The third-order valence-corrected chi connectivity index (χ3v) is 4.21. The van der Waals surface area contributed by atoms with Crippen LogP contribution < -0.4 is 20.3 Å². The van der Waals surface area contributed by atoms with Crippen LogP contribution in [0.3, 0.4) is 0 Å². The Morgan fingerprint density at radius 1 is 1.07 bits per heavy atom. The first kappa shape index (κ1) is 20.7. The third kappa shape index (κ3) is 6.58. The number of halogens is 1. The molecule has 0 heterocycles. The summed E-state index contributed by atoms with van der Waals surface area (Å²) in [5.74, 6) is 0.154. The lowest BCUT2D eigenvalue weighted by molar-refractivity contribution is -0.862. The molecule has 0 saturated carbocycles. The van der Waals surface area contributed by atoms with Crippen LogP contribution in [0, 0.1) is 0 Å². The second-order valence-electron chi connectivity index (χ2n) is 6.31. The smallest absolute Gasteiger partial charge is 0.279 e. The van der Waals surface area contributed by atoms with Gasteiger partial charge in [0.05, 0.1) is 19.8 Å². The Kier molecular flexibility index (Phi) is 7.64. The molecule has 0 radical (unpaired) electrons. The van der Waals surface area contributed by atoms with E-state index in [2.05, 4.69) is 17.6 Å². The molecule has 0 aliphatic rings. The van der Waals surface area contributed by atoms with Gasteiger partial charge in [0, 0.05) is 10.7 Å². The molecule has 7 heteroatoms. The fraction of sp³-hybridized carbons (Fsp3) is 0.300. The predicted molar refractivity (Wildman–Crippen MR) is 108 cm³/mol. The van der Waals surface area contributed by atoms with Gasteiger partial charge >= 0.3 is 0 Å². The molecule has 3 N–H and O–H groups in total. The van der Waals surface area contributed by atoms with Crippen LogP contribution >= 0.6 is 11.6 Å². The van der Waals surface area contributed by atoms with E-state index in [1.165, 1.54) is 7.11 Å². The Labute approximate surface area is 164 Å². The first-order chi connectivity index (χ1) is 12.9. The van der Waals surface area contributed by atoms with Gasteiger partial charge in [0.2, 0.25) is 0 Å². The van der Waals surface area contributed by atoms with E-state index in [1.807, 2.05) is 24.3 Å². The number of amides is 2. The second kappa shape index (κ2) is 9.94. The lowest BCUT2D eigenvalue weighted by atomic mass is 10.1. The van der Waals surface area contributed by atoms with Crippen LogP contribution in [-0.4, -0.2) is 39.1 Å². The molecule has 6 nitrogen and oxygen atoms in total. The molecule has 2 amide bonds. The third-order valence-electron chi connectivity index (χ3n) is 3.98. The highest BCUT2D eigenvalue weighted by molar-refractivity contribution is 6.31. The standard InChI is InChI=1S/C20H24ClN3O3/c1-4-14-6-5-7-16(10-14)22-19(25)12-24(2)13-20(26)23-17-11-15(21)8-9-18(17)27-3/h5-11H,4,12-13H2,1-3H3,(H,22,25)(H,23,26)/p+1. The van der Waals surface area contributed by atoms with Crippen LogP contribution in [0.4, 0.5) is 11.4 Å². The Morgan fingerprint density at radius 3 is 2.44 bits per heavy atom. The van der Waals surface area contributed by atoms with E-state index < -0.39 is 0 Å². The van der Waals surface area contributed by atoms with E-state index in [0.717, 1.165) is 22.6 Å². The van der Waals surface area contributed by atoms with Crippen LogP contribution in [0.25, 0.3) is 0 Å². The second-order valence-corrected chi connectivity index (χ2v) is 6.74. The minimum atomic E-state index is -0.228. The number of ether oxygens (including phenoxy) is 1. The van der Waals surface area contributed by atoms with Crippen LogP contribution in [0.5, 0.6) is 5.75 Å². The Hall–Kier alpha value is -2.57. The van der Waals surface area contributed by atoms with Gasteiger partial charge in [0.15, 0.2) is 13.1 Å². The topological polar surface area (TPSA) is 71.9 Å². The van der Waals surface area contributed by atoms with Crippen molar-refractivity contribution in [3.05, 3.63) is 53.1 Å². The minimum absolute atomic E-state index is 0.137. The highest BCUT2D eigenvalue weighted by Gasteiger charge is 2.16. The van der Waals surface area contributed by atoms with E-state index in [0.29, 0.717) is 16.5 Å². The molecule has 0 aliphatic heterocycles.